The number of piperidine rings is 1. The third kappa shape index (κ3) is 4.86. The van der Waals surface area contributed by atoms with Crippen molar-refractivity contribution >= 4 is 28.5 Å². The van der Waals surface area contributed by atoms with Gasteiger partial charge >= 0.3 is 0 Å². The van der Waals surface area contributed by atoms with Crippen molar-refractivity contribution in [1.82, 2.24) is 24.8 Å². The lowest BCUT2D eigenvalue weighted by Gasteiger charge is -2.28. The van der Waals surface area contributed by atoms with Crippen molar-refractivity contribution in [3.8, 4) is 11.1 Å². The Morgan fingerprint density at radius 3 is 2.46 bits per heavy atom. The van der Waals surface area contributed by atoms with Crippen molar-refractivity contribution in [3.05, 3.63) is 59.6 Å². The van der Waals surface area contributed by atoms with Crippen LogP contribution in [0.2, 0.25) is 0 Å². The molecule has 0 radical (unpaired) electrons. The van der Waals surface area contributed by atoms with Gasteiger partial charge in [0, 0.05) is 46.7 Å². The number of allylic oxidation sites excluding steroid dienone is 1. The Balaban J connectivity index is 1.42. The largest absolute Gasteiger partial charge is 0.345 e. The summed E-state index contributed by atoms with van der Waals surface area (Å²) in [5.74, 6) is -0.340. The molecule has 2 aliphatic rings. The van der Waals surface area contributed by atoms with Crippen molar-refractivity contribution < 1.29 is 18.8 Å². The van der Waals surface area contributed by atoms with Crippen LogP contribution in [0, 0.1) is 12.3 Å². The van der Waals surface area contributed by atoms with Gasteiger partial charge in [0.05, 0.1) is 6.04 Å². The molecule has 204 valence electrons. The van der Waals surface area contributed by atoms with E-state index in [0.717, 1.165) is 28.5 Å². The molecular weight excluding hydrogens is 497 g/mol. The summed E-state index contributed by atoms with van der Waals surface area (Å²) in [5.41, 5.74) is 3.38. The van der Waals surface area contributed by atoms with E-state index in [1.54, 1.807) is 48.8 Å². The second kappa shape index (κ2) is 9.70. The minimum Gasteiger partial charge on any atom is -0.345 e. The second-order valence-corrected chi connectivity index (χ2v) is 11.5. The summed E-state index contributed by atoms with van der Waals surface area (Å²) in [6.45, 7) is 10.3. The van der Waals surface area contributed by atoms with Gasteiger partial charge in [-0.25, -0.2) is 14.4 Å². The van der Waals surface area contributed by atoms with Crippen molar-refractivity contribution in [3.63, 3.8) is 0 Å². The topological polar surface area (TPSA) is 97.2 Å². The summed E-state index contributed by atoms with van der Waals surface area (Å²) in [6.07, 6.45) is 6.59. The summed E-state index contributed by atoms with van der Waals surface area (Å²) in [4.78, 5) is 49.7. The highest BCUT2D eigenvalue weighted by Crippen LogP contribution is 2.59. The number of benzene rings is 1. The molecule has 2 fully saturated rings. The van der Waals surface area contributed by atoms with Crippen LogP contribution < -0.4 is 5.32 Å². The Morgan fingerprint density at radius 1 is 1.13 bits per heavy atom. The summed E-state index contributed by atoms with van der Waals surface area (Å²) >= 11 is 0. The number of Topliss-reactive ketones (excluding diaryl/α,β-unsaturated/α-hetero) is 1. The van der Waals surface area contributed by atoms with E-state index in [9.17, 15) is 18.8 Å². The zero-order chi connectivity index (χ0) is 28.2. The van der Waals surface area contributed by atoms with Gasteiger partial charge in [-0.05, 0) is 76.1 Å². The van der Waals surface area contributed by atoms with Gasteiger partial charge in [0.1, 0.15) is 24.2 Å². The number of nitrogens with one attached hydrogen (secondary N) is 1. The molecule has 0 bridgehead atoms. The van der Waals surface area contributed by atoms with Crippen LogP contribution in [0.25, 0.3) is 22.0 Å². The molecule has 1 aliphatic carbocycles. The molecule has 2 amide bonds. The standard InChI is InChI=1S/C30H34FN5O3/c1-16(2)28(31)17(3)34-29(39)25-10-30(6)11-26(30)36(25)27(38)15-35-14-23(18(4)37)22-9-20(7-8-24(22)35)21-12-32-19(5)33-13-21/h7-9,12-14,17,25-26H,10-11,15H2,1-6H3,(H,34,39)/t17-,25+,26-,30+/m1/s1. The van der Waals surface area contributed by atoms with Crippen LogP contribution in [0.5, 0.6) is 0 Å². The number of hydrogen-bond acceptors (Lipinski definition) is 5. The molecule has 9 heteroatoms. The zero-order valence-electron chi connectivity index (χ0n) is 23.2. The van der Waals surface area contributed by atoms with E-state index in [-0.39, 0.29) is 41.4 Å². The van der Waals surface area contributed by atoms with E-state index < -0.39 is 12.1 Å². The van der Waals surface area contributed by atoms with Gasteiger partial charge in [0.15, 0.2) is 5.78 Å². The highest BCUT2D eigenvalue weighted by molar-refractivity contribution is 6.08. The quantitative estimate of drug-likeness (QED) is 0.444. The summed E-state index contributed by atoms with van der Waals surface area (Å²) < 4.78 is 16.2. The predicted molar refractivity (Wildman–Crippen MR) is 147 cm³/mol. The van der Waals surface area contributed by atoms with E-state index in [4.69, 9.17) is 0 Å². The number of hydrogen-bond donors (Lipinski definition) is 1. The molecule has 2 aromatic heterocycles. The fourth-order valence-corrected chi connectivity index (χ4v) is 5.82. The van der Waals surface area contributed by atoms with Gasteiger partial charge in [-0.1, -0.05) is 13.0 Å². The van der Waals surface area contributed by atoms with Gasteiger partial charge in [-0.2, -0.15) is 0 Å². The molecule has 8 nitrogen and oxygen atoms in total. The van der Waals surface area contributed by atoms with Crippen molar-refractivity contribution in [2.24, 2.45) is 5.41 Å². The average Bonchev–Trinajstić information content (AvgIpc) is 3.25. The maximum Gasteiger partial charge on any atom is 0.243 e. The Hall–Kier alpha value is -3.88. The number of amides is 2. The van der Waals surface area contributed by atoms with Crippen molar-refractivity contribution in [1.29, 1.82) is 0 Å². The van der Waals surface area contributed by atoms with Crippen LogP contribution in [0.4, 0.5) is 4.39 Å². The minimum absolute atomic E-state index is 0.00891. The Bertz CT molecular complexity index is 1520. The molecule has 4 atom stereocenters. The number of ketones is 1. The molecule has 3 heterocycles. The number of carbonyl (C=O) groups excluding carboxylic acids is 3. The first kappa shape index (κ1) is 26.7. The molecule has 3 aromatic rings. The van der Waals surface area contributed by atoms with E-state index in [1.165, 1.54) is 6.92 Å². The first-order valence-corrected chi connectivity index (χ1v) is 13.3. The van der Waals surface area contributed by atoms with Crippen LogP contribution in [0.15, 0.2) is 48.2 Å². The lowest BCUT2D eigenvalue weighted by molar-refractivity contribution is -0.140. The maximum atomic E-state index is 14.4. The number of aryl methyl sites for hydroxylation is 1. The van der Waals surface area contributed by atoms with Crippen LogP contribution in [0.1, 0.15) is 63.6 Å². The second-order valence-electron chi connectivity index (χ2n) is 11.5. The third-order valence-electron chi connectivity index (χ3n) is 8.12. The zero-order valence-corrected chi connectivity index (χ0v) is 23.2. The van der Waals surface area contributed by atoms with Crippen molar-refractivity contribution in [2.75, 3.05) is 0 Å². The summed E-state index contributed by atoms with van der Waals surface area (Å²) in [7, 11) is 0. The number of nitrogens with zero attached hydrogens (tertiary/aromatic N) is 4. The molecule has 5 rings (SSSR count). The molecule has 1 N–H and O–H groups in total. The predicted octanol–water partition coefficient (Wildman–Crippen LogP) is 4.76. The molecule has 1 aromatic carbocycles. The third-order valence-corrected chi connectivity index (χ3v) is 8.12. The van der Waals surface area contributed by atoms with E-state index >= 15 is 0 Å². The molecule has 1 saturated heterocycles. The lowest BCUT2D eigenvalue weighted by Crippen LogP contribution is -2.50. The fraction of sp³-hybridized carbons (Fsp3) is 0.433. The van der Waals surface area contributed by atoms with Crippen LogP contribution in [-0.4, -0.2) is 55.2 Å². The van der Waals surface area contributed by atoms with Gasteiger partial charge < -0.3 is 14.8 Å². The number of fused-ring (bicyclic) bond motifs is 2. The van der Waals surface area contributed by atoms with E-state index in [2.05, 4.69) is 22.2 Å². The van der Waals surface area contributed by atoms with Crippen molar-refractivity contribution in [2.45, 2.75) is 79.1 Å². The maximum absolute atomic E-state index is 14.4. The average molecular weight is 532 g/mol. The molecule has 1 aliphatic heterocycles. The number of rotatable bonds is 7. The van der Waals surface area contributed by atoms with E-state index in [0.29, 0.717) is 23.4 Å². The smallest absolute Gasteiger partial charge is 0.243 e. The fourth-order valence-electron chi connectivity index (χ4n) is 5.82. The number of halogens is 1. The molecule has 0 spiro atoms. The molecule has 1 saturated carbocycles. The normalized spacial score (nSPS) is 22.4. The highest BCUT2D eigenvalue weighted by Gasteiger charge is 2.64. The number of aromatic nitrogens is 3. The Kier molecular flexibility index (Phi) is 6.64. The Morgan fingerprint density at radius 2 is 1.82 bits per heavy atom. The molecular formula is C30H34FN5O3. The highest BCUT2D eigenvalue weighted by atomic mass is 19.1. The first-order chi connectivity index (χ1) is 18.4. The summed E-state index contributed by atoms with van der Waals surface area (Å²) in [5, 5.41) is 3.50. The monoisotopic (exact) mass is 531 g/mol. The van der Waals surface area contributed by atoms with Crippen LogP contribution >= 0.6 is 0 Å². The van der Waals surface area contributed by atoms with Gasteiger partial charge in [0.2, 0.25) is 11.8 Å². The summed E-state index contributed by atoms with van der Waals surface area (Å²) in [6, 6.07) is 4.30. The van der Waals surface area contributed by atoms with Gasteiger partial charge in [-0.15, -0.1) is 0 Å². The van der Waals surface area contributed by atoms with Gasteiger partial charge in [-0.3, -0.25) is 14.4 Å². The Labute approximate surface area is 227 Å². The molecule has 39 heavy (non-hydrogen) atoms. The number of likely N-dealkylation sites (tertiary alicyclic amines) is 1. The minimum atomic E-state index is -0.760. The number of carbonyl (C=O) groups is 3. The van der Waals surface area contributed by atoms with Crippen LogP contribution in [0.3, 0.4) is 0 Å². The lowest BCUT2D eigenvalue weighted by atomic mass is 10.0. The first-order valence-electron chi connectivity index (χ1n) is 13.3. The molecule has 0 unspecified atom stereocenters. The van der Waals surface area contributed by atoms with Crippen LogP contribution in [-0.2, 0) is 16.1 Å². The van der Waals surface area contributed by atoms with E-state index in [1.807, 2.05) is 25.1 Å². The SMILES string of the molecule is CC(=O)c1cn(CC(=O)N2[C@H](C(=O)N[C@H](C)C(F)=C(C)C)C[C@@]3(C)C[C@@H]23)c2ccc(-c3cnc(C)nc3)cc12. The van der Waals surface area contributed by atoms with Gasteiger partial charge in [0.25, 0.3) is 0 Å².